The summed E-state index contributed by atoms with van der Waals surface area (Å²) < 4.78 is 0. The van der Waals surface area contributed by atoms with E-state index in [1.54, 1.807) is 29.5 Å². The molecule has 0 amide bonds. The van der Waals surface area contributed by atoms with E-state index in [2.05, 4.69) is 0 Å². The van der Waals surface area contributed by atoms with Crippen molar-refractivity contribution in [3.8, 4) is 0 Å². The summed E-state index contributed by atoms with van der Waals surface area (Å²) in [6.07, 6.45) is -0.757. The van der Waals surface area contributed by atoms with Crippen LogP contribution >= 0.6 is 34.5 Å². The molecule has 0 aliphatic heterocycles. The van der Waals surface area contributed by atoms with Crippen LogP contribution in [-0.2, 0) is 0 Å². The van der Waals surface area contributed by atoms with Gasteiger partial charge in [0.15, 0.2) is 0 Å². The average Bonchev–Trinajstić information content (AvgIpc) is 2.64. The van der Waals surface area contributed by atoms with Crippen molar-refractivity contribution in [2.24, 2.45) is 0 Å². The van der Waals surface area contributed by atoms with Crippen molar-refractivity contribution in [2.75, 3.05) is 0 Å². The zero-order valence-electron chi connectivity index (χ0n) is 8.58. The maximum Gasteiger partial charge on any atom is 0.108 e. The van der Waals surface area contributed by atoms with Crippen LogP contribution in [0.25, 0.3) is 0 Å². The first-order chi connectivity index (χ1) is 7.61. The fourth-order valence-electron chi connectivity index (χ4n) is 1.61. The standard InChI is InChI=1S/C12H10Cl2OS/c1-7-8(5-6-16-7)12(15)11-9(13)3-2-4-10(11)14/h2-6,12,15H,1H3. The van der Waals surface area contributed by atoms with Gasteiger partial charge in [0, 0.05) is 20.5 Å². The predicted molar refractivity (Wildman–Crippen MR) is 69.6 cm³/mol. The highest BCUT2D eigenvalue weighted by atomic mass is 35.5. The number of aliphatic hydroxyl groups is 1. The van der Waals surface area contributed by atoms with E-state index in [4.69, 9.17) is 23.2 Å². The van der Waals surface area contributed by atoms with Gasteiger partial charge in [-0.05, 0) is 36.1 Å². The third-order valence-corrected chi connectivity index (χ3v) is 3.99. The first-order valence-electron chi connectivity index (χ1n) is 4.77. The summed E-state index contributed by atoms with van der Waals surface area (Å²) in [4.78, 5) is 1.07. The van der Waals surface area contributed by atoms with Crippen LogP contribution < -0.4 is 0 Å². The third-order valence-electron chi connectivity index (χ3n) is 2.47. The molecular formula is C12H10Cl2OS. The normalized spacial score (nSPS) is 12.8. The van der Waals surface area contributed by atoms with Crippen LogP contribution in [0.1, 0.15) is 22.1 Å². The number of aryl methyl sites for hydroxylation is 1. The van der Waals surface area contributed by atoms with E-state index in [0.717, 1.165) is 10.4 Å². The van der Waals surface area contributed by atoms with Crippen molar-refractivity contribution in [3.63, 3.8) is 0 Å². The maximum atomic E-state index is 10.3. The number of hydrogen-bond donors (Lipinski definition) is 1. The van der Waals surface area contributed by atoms with E-state index in [1.165, 1.54) is 0 Å². The zero-order chi connectivity index (χ0) is 11.7. The minimum absolute atomic E-state index is 0.491. The number of rotatable bonds is 2. The molecule has 1 unspecified atom stereocenters. The first kappa shape index (κ1) is 11.9. The van der Waals surface area contributed by atoms with Crippen LogP contribution in [0, 0.1) is 6.92 Å². The van der Waals surface area contributed by atoms with Crippen LogP contribution in [0.2, 0.25) is 10.0 Å². The van der Waals surface area contributed by atoms with Gasteiger partial charge >= 0.3 is 0 Å². The van der Waals surface area contributed by atoms with E-state index >= 15 is 0 Å². The Labute approximate surface area is 108 Å². The Balaban J connectivity index is 2.49. The summed E-state index contributed by atoms with van der Waals surface area (Å²) in [5.41, 5.74) is 1.44. The Kier molecular flexibility index (Phi) is 3.55. The summed E-state index contributed by atoms with van der Waals surface area (Å²) in [5, 5.41) is 13.2. The molecule has 0 spiro atoms. The number of thiophene rings is 1. The molecule has 84 valence electrons. The van der Waals surface area contributed by atoms with Crippen LogP contribution in [0.3, 0.4) is 0 Å². The summed E-state index contributed by atoms with van der Waals surface area (Å²) in [7, 11) is 0. The molecule has 1 N–H and O–H groups in total. The molecule has 0 aliphatic carbocycles. The molecule has 1 nitrogen and oxygen atoms in total. The molecule has 0 bridgehead atoms. The van der Waals surface area contributed by atoms with Gasteiger partial charge in [0.05, 0.1) is 0 Å². The molecule has 1 heterocycles. The second-order valence-corrected chi connectivity index (χ2v) is 5.40. The molecule has 0 radical (unpaired) electrons. The smallest absolute Gasteiger partial charge is 0.108 e. The second kappa shape index (κ2) is 4.76. The fraction of sp³-hybridized carbons (Fsp3) is 0.167. The molecule has 16 heavy (non-hydrogen) atoms. The van der Waals surface area contributed by atoms with Crippen LogP contribution in [-0.4, -0.2) is 5.11 Å². The van der Waals surface area contributed by atoms with Crippen LogP contribution in [0.4, 0.5) is 0 Å². The monoisotopic (exact) mass is 272 g/mol. The number of halogens is 2. The van der Waals surface area contributed by atoms with Crippen LogP contribution in [0.5, 0.6) is 0 Å². The fourth-order valence-corrected chi connectivity index (χ4v) is 2.94. The van der Waals surface area contributed by atoms with Crippen molar-refractivity contribution in [3.05, 3.63) is 55.7 Å². The van der Waals surface area contributed by atoms with E-state index in [-0.39, 0.29) is 0 Å². The predicted octanol–water partition coefficient (Wildman–Crippen LogP) is 4.45. The van der Waals surface area contributed by atoms with E-state index < -0.39 is 6.10 Å². The molecule has 0 saturated carbocycles. The number of aliphatic hydroxyl groups excluding tert-OH is 1. The highest BCUT2D eigenvalue weighted by Crippen LogP contribution is 2.36. The topological polar surface area (TPSA) is 20.2 Å². The van der Waals surface area contributed by atoms with E-state index in [0.29, 0.717) is 15.6 Å². The molecule has 1 aromatic carbocycles. The largest absolute Gasteiger partial charge is 0.384 e. The van der Waals surface area contributed by atoms with Gasteiger partial charge in [-0.15, -0.1) is 11.3 Å². The van der Waals surface area contributed by atoms with E-state index in [9.17, 15) is 5.11 Å². The van der Waals surface area contributed by atoms with Crippen molar-refractivity contribution in [1.82, 2.24) is 0 Å². The minimum Gasteiger partial charge on any atom is -0.384 e. The molecule has 0 fully saturated rings. The summed E-state index contributed by atoms with van der Waals surface area (Å²) in [6, 6.07) is 7.12. The second-order valence-electron chi connectivity index (χ2n) is 3.47. The van der Waals surface area contributed by atoms with Gasteiger partial charge in [0.1, 0.15) is 6.10 Å². The maximum absolute atomic E-state index is 10.3. The Bertz CT molecular complexity index is 487. The lowest BCUT2D eigenvalue weighted by Crippen LogP contribution is -2.01. The van der Waals surface area contributed by atoms with Gasteiger partial charge in [-0.1, -0.05) is 29.3 Å². The number of hydrogen-bond acceptors (Lipinski definition) is 2. The minimum atomic E-state index is -0.757. The van der Waals surface area contributed by atoms with Crippen molar-refractivity contribution >= 4 is 34.5 Å². The highest BCUT2D eigenvalue weighted by Gasteiger charge is 2.19. The molecule has 2 aromatic rings. The van der Waals surface area contributed by atoms with Gasteiger partial charge in [-0.2, -0.15) is 0 Å². The summed E-state index contributed by atoms with van der Waals surface area (Å²) >= 11 is 13.7. The van der Waals surface area contributed by atoms with Gasteiger partial charge in [-0.25, -0.2) is 0 Å². The molecule has 2 rings (SSSR count). The lowest BCUT2D eigenvalue weighted by molar-refractivity contribution is 0.220. The van der Waals surface area contributed by atoms with Crippen LogP contribution in [0.15, 0.2) is 29.6 Å². The quantitative estimate of drug-likeness (QED) is 0.857. The third kappa shape index (κ3) is 2.11. The van der Waals surface area contributed by atoms with Gasteiger partial charge in [-0.3, -0.25) is 0 Å². The lowest BCUT2D eigenvalue weighted by Gasteiger charge is -2.14. The highest BCUT2D eigenvalue weighted by molar-refractivity contribution is 7.10. The first-order valence-corrected chi connectivity index (χ1v) is 6.40. The zero-order valence-corrected chi connectivity index (χ0v) is 10.9. The van der Waals surface area contributed by atoms with Crippen molar-refractivity contribution in [2.45, 2.75) is 13.0 Å². The summed E-state index contributed by atoms with van der Waals surface area (Å²) in [5.74, 6) is 0. The van der Waals surface area contributed by atoms with Crippen molar-refractivity contribution < 1.29 is 5.11 Å². The molecule has 0 aliphatic rings. The van der Waals surface area contributed by atoms with Gasteiger partial charge in [0.2, 0.25) is 0 Å². The lowest BCUT2D eigenvalue weighted by atomic mass is 10.0. The van der Waals surface area contributed by atoms with Crippen molar-refractivity contribution in [1.29, 1.82) is 0 Å². The Morgan fingerprint density at radius 3 is 2.31 bits per heavy atom. The molecular weight excluding hydrogens is 263 g/mol. The number of benzene rings is 1. The molecule has 0 saturated heterocycles. The molecule has 1 aromatic heterocycles. The Morgan fingerprint density at radius 1 is 1.19 bits per heavy atom. The Morgan fingerprint density at radius 2 is 1.81 bits per heavy atom. The SMILES string of the molecule is Cc1sccc1C(O)c1c(Cl)cccc1Cl. The Hall–Kier alpha value is -0.540. The van der Waals surface area contributed by atoms with Gasteiger partial charge in [0.25, 0.3) is 0 Å². The molecule has 4 heteroatoms. The summed E-state index contributed by atoms with van der Waals surface area (Å²) in [6.45, 7) is 1.97. The van der Waals surface area contributed by atoms with Gasteiger partial charge < -0.3 is 5.11 Å². The average molecular weight is 273 g/mol. The van der Waals surface area contributed by atoms with E-state index in [1.807, 2.05) is 18.4 Å². The molecule has 1 atom stereocenters.